The normalized spacial score (nSPS) is 11.8. The number of rotatable bonds is 4. The minimum Gasteiger partial charge on any atom is -0.495 e. The Morgan fingerprint density at radius 1 is 1.21 bits per heavy atom. The van der Waals surface area contributed by atoms with Crippen molar-refractivity contribution in [1.82, 2.24) is 4.98 Å². The lowest BCUT2D eigenvalue weighted by molar-refractivity contribution is -0.0436. The molecule has 128 valence electrons. The van der Waals surface area contributed by atoms with Gasteiger partial charge in [-0.15, -0.1) is 0 Å². The number of methoxy groups -OCH3 is 1. The van der Waals surface area contributed by atoms with Crippen LogP contribution in [0.5, 0.6) is 5.75 Å². The molecule has 0 bridgehead atoms. The molecule has 6 nitrogen and oxygen atoms in total. The van der Waals surface area contributed by atoms with Gasteiger partial charge in [0, 0.05) is 6.20 Å². The Labute approximate surface area is 135 Å². The molecule has 24 heavy (non-hydrogen) atoms. The van der Waals surface area contributed by atoms with Gasteiger partial charge in [-0.25, -0.2) is 8.42 Å². The van der Waals surface area contributed by atoms with Crippen molar-refractivity contribution in [2.24, 2.45) is 0 Å². The van der Waals surface area contributed by atoms with Crippen LogP contribution in [0.4, 0.5) is 18.9 Å². The molecule has 0 aliphatic carbocycles. The van der Waals surface area contributed by atoms with E-state index in [2.05, 4.69) is 10.3 Å². The number of alkyl halides is 3. The molecule has 0 fully saturated rings. The average molecular weight is 360 g/mol. The Kier molecular flexibility index (Phi) is 4.78. The predicted molar refractivity (Wildman–Crippen MR) is 78.4 cm³/mol. The predicted octanol–water partition coefficient (Wildman–Crippen LogP) is 2.64. The van der Waals surface area contributed by atoms with Crippen LogP contribution in [0.3, 0.4) is 0 Å². The fraction of sp³-hybridized carbons (Fsp3) is 0.143. The summed E-state index contributed by atoms with van der Waals surface area (Å²) in [5.41, 5.74) is -5.67. The van der Waals surface area contributed by atoms with E-state index in [0.717, 1.165) is 12.1 Å². The number of carbonyl (C=O) groups is 1. The van der Waals surface area contributed by atoms with Gasteiger partial charge in [-0.3, -0.25) is 9.78 Å². The number of sulfone groups is 1. The van der Waals surface area contributed by atoms with Gasteiger partial charge in [-0.2, -0.15) is 13.2 Å². The standard InChI is InChI=1S/C14H11F3N2O4S/c1-23-12-6-5-9(24(21,22)14(15,16)17)8-11(12)19-13(20)10-4-2-3-7-18-10/h2-8H,1H3,(H,19,20). The number of ether oxygens (including phenoxy) is 1. The molecule has 1 aromatic carbocycles. The summed E-state index contributed by atoms with van der Waals surface area (Å²) in [5.74, 6) is -0.726. The second-order valence-corrected chi connectivity index (χ2v) is 6.42. The third kappa shape index (κ3) is 3.48. The highest BCUT2D eigenvalue weighted by molar-refractivity contribution is 7.92. The first-order valence-corrected chi connectivity index (χ1v) is 7.87. The molecule has 1 aromatic heterocycles. The SMILES string of the molecule is COc1ccc(S(=O)(=O)C(F)(F)F)cc1NC(=O)c1ccccn1. The van der Waals surface area contributed by atoms with E-state index in [4.69, 9.17) is 4.74 Å². The van der Waals surface area contributed by atoms with Crippen molar-refractivity contribution in [2.45, 2.75) is 10.4 Å². The lowest BCUT2D eigenvalue weighted by Gasteiger charge is -2.13. The highest BCUT2D eigenvalue weighted by Gasteiger charge is 2.47. The minimum atomic E-state index is -5.55. The number of hydrogen-bond donors (Lipinski definition) is 1. The highest BCUT2D eigenvalue weighted by atomic mass is 32.2. The zero-order valence-electron chi connectivity index (χ0n) is 12.2. The summed E-state index contributed by atoms with van der Waals surface area (Å²) in [5, 5.41) is 2.28. The van der Waals surface area contributed by atoms with Crippen LogP contribution in [0.15, 0.2) is 47.5 Å². The monoisotopic (exact) mass is 360 g/mol. The maximum absolute atomic E-state index is 12.6. The van der Waals surface area contributed by atoms with Crippen LogP contribution in [-0.4, -0.2) is 31.9 Å². The van der Waals surface area contributed by atoms with Crippen molar-refractivity contribution in [1.29, 1.82) is 0 Å². The average Bonchev–Trinajstić information content (AvgIpc) is 2.54. The molecule has 0 aliphatic heterocycles. The Hall–Kier alpha value is -2.62. The first-order chi connectivity index (χ1) is 11.2. The molecule has 0 atom stereocenters. The summed E-state index contributed by atoms with van der Waals surface area (Å²) in [6.45, 7) is 0. The van der Waals surface area contributed by atoms with Gasteiger partial charge in [0.2, 0.25) is 0 Å². The molecule has 1 heterocycles. The van der Waals surface area contributed by atoms with Crippen molar-refractivity contribution in [3.8, 4) is 5.75 Å². The van der Waals surface area contributed by atoms with Gasteiger partial charge in [-0.05, 0) is 30.3 Å². The largest absolute Gasteiger partial charge is 0.501 e. The second kappa shape index (κ2) is 6.48. The Morgan fingerprint density at radius 3 is 2.46 bits per heavy atom. The molecular weight excluding hydrogens is 349 g/mol. The molecule has 0 unspecified atom stereocenters. The van der Waals surface area contributed by atoms with Crippen molar-refractivity contribution in [2.75, 3.05) is 12.4 Å². The van der Waals surface area contributed by atoms with E-state index in [-0.39, 0.29) is 17.1 Å². The summed E-state index contributed by atoms with van der Waals surface area (Å²) in [6.07, 6.45) is 1.36. The summed E-state index contributed by atoms with van der Waals surface area (Å²) in [7, 11) is -4.32. The number of carbonyl (C=O) groups excluding carboxylic acids is 1. The van der Waals surface area contributed by atoms with Crippen LogP contribution < -0.4 is 10.1 Å². The third-order valence-electron chi connectivity index (χ3n) is 2.93. The molecule has 2 aromatic rings. The van der Waals surface area contributed by atoms with E-state index in [0.29, 0.717) is 6.07 Å². The van der Waals surface area contributed by atoms with Gasteiger partial charge < -0.3 is 10.1 Å². The van der Waals surface area contributed by atoms with E-state index in [1.165, 1.54) is 19.4 Å². The van der Waals surface area contributed by atoms with Crippen LogP contribution >= 0.6 is 0 Å². The molecule has 0 aliphatic rings. The number of anilines is 1. The molecule has 10 heteroatoms. The topological polar surface area (TPSA) is 85.4 Å². The molecule has 0 saturated heterocycles. The first-order valence-electron chi connectivity index (χ1n) is 6.38. The number of halogens is 3. The molecule has 0 radical (unpaired) electrons. The highest BCUT2D eigenvalue weighted by Crippen LogP contribution is 2.34. The third-order valence-corrected chi connectivity index (χ3v) is 4.42. The Balaban J connectivity index is 2.43. The van der Waals surface area contributed by atoms with Crippen LogP contribution in [0.25, 0.3) is 0 Å². The zero-order valence-corrected chi connectivity index (χ0v) is 13.0. The Morgan fingerprint density at radius 2 is 1.92 bits per heavy atom. The number of nitrogens with zero attached hydrogens (tertiary/aromatic N) is 1. The number of amides is 1. The lowest BCUT2D eigenvalue weighted by atomic mass is 10.2. The van der Waals surface area contributed by atoms with Gasteiger partial charge in [0.05, 0.1) is 17.7 Å². The van der Waals surface area contributed by atoms with Crippen molar-refractivity contribution < 1.29 is 31.1 Å². The van der Waals surface area contributed by atoms with Gasteiger partial charge in [0.1, 0.15) is 11.4 Å². The molecule has 1 amide bonds. The Bertz CT molecular complexity index is 852. The molecule has 1 N–H and O–H groups in total. The minimum absolute atomic E-state index is 0.000376. The number of benzene rings is 1. The van der Waals surface area contributed by atoms with Crippen molar-refractivity contribution in [3.05, 3.63) is 48.3 Å². The summed E-state index contributed by atoms with van der Waals surface area (Å²) < 4.78 is 65.8. The van der Waals surface area contributed by atoms with E-state index < -0.39 is 26.1 Å². The summed E-state index contributed by atoms with van der Waals surface area (Å²) >= 11 is 0. The van der Waals surface area contributed by atoms with Crippen LogP contribution in [0, 0.1) is 0 Å². The van der Waals surface area contributed by atoms with E-state index in [1.54, 1.807) is 12.1 Å². The van der Waals surface area contributed by atoms with Crippen molar-refractivity contribution >= 4 is 21.4 Å². The number of pyridine rings is 1. The van der Waals surface area contributed by atoms with E-state index in [1.807, 2.05) is 0 Å². The van der Waals surface area contributed by atoms with Gasteiger partial charge >= 0.3 is 5.51 Å². The van der Waals surface area contributed by atoms with Crippen molar-refractivity contribution in [3.63, 3.8) is 0 Å². The smallest absolute Gasteiger partial charge is 0.495 e. The first kappa shape index (κ1) is 17.7. The molecule has 0 saturated carbocycles. The number of nitrogens with one attached hydrogen (secondary N) is 1. The van der Waals surface area contributed by atoms with Gasteiger partial charge in [0.25, 0.3) is 15.7 Å². The summed E-state index contributed by atoms with van der Waals surface area (Å²) in [4.78, 5) is 14.8. The lowest BCUT2D eigenvalue weighted by Crippen LogP contribution is -2.23. The van der Waals surface area contributed by atoms with Gasteiger partial charge in [-0.1, -0.05) is 6.07 Å². The zero-order chi connectivity index (χ0) is 18.0. The van der Waals surface area contributed by atoms with Crippen LogP contribution in [-0.2, 0) is 9.84 Å². The number of hydrogen-bond acceptors (Lipinski definition) is 5. The molecule has 0 spiro atoms. The summed E-state index contributed by atoms with van der Waals surface area (Å²) in [6, 6.07) is 6.96. The van der Waals surface area contributed by atoms with Gasteiger partial charge in [0.15, 0.2) is 0 Å². The molecule has 2 rings (SSSR count). The van der Waals surface area contributed by atoms with E-state index in [9.17, 15) is 26.4 Å². The number of aromatic nitrogens is 1. The fourth-order valence-electron chi connectivity index (χ4n) is 1.77. The maximum Gasteiger partial charge on any atom is 0.501 e. The van der Waals surface area contributed by atoms with Crippen LogP contribution in [0.1, 0.15) is 10.5 Å². The molecular formula is C14H11F3N2O4S. The maximum atomic E-state index is 12.6. The fourth-order valence-corrected chi connectivity index (χ4v) is 2.56. The van der Waals surface area contributed by atoms with Crippen LogP contribution in [0.2, 0.25) is 0 Å². The second-order valence-electron chi connectivity index (χ2n) is 4.48. The quantitative estimate of drug-likeness (QED) is 0.906. The van der Waals surface area contributed by atoms with E-state index >= 15 is 0 Å².